The Morgan fingerprint density at radius 1 is 1.20 bits per heavy atom. The molecule has 25 heavy (non-hydrogen) atoms. The van der Waals surface area contributed by atoms with Crippen molar-refractivity contribution in [1.29, 1.82) is 0 Å². The van der Waals surface area contributed by atoms with Crippen LogP contribution in [0.3, 0.4) is 0 Å². The molecule has 0 heterocycles. The maximum Gasteiger partial charge on any atom is 0.269 e. The van der Waals surface area contributed by atoms with Crippen molar-refractivity contribution < 1.29 is 13.7 Å². The zero-order valence-electron chi connectivity index (χ0n) is 13.6. The Labute approximate surface area is 143 Å². The molecule has 0 atom stereocenters. The molecule has 2 aromatic rings. The van der Waals surface area contributed by atoms with Gasteiger partial charge in [0.15, 0.2) is 5.96 Å². The first kappa shape index (κ1) is 18.3. The van der Waals surface area contributed by atoms with E-state index in [0.29, 0.717) is 18.1 Å². The lowest BCUT2D eigenvalue weighted by atomic mass is 10.2. The Kier molecular flexibility index (Phi) is 6.39. The van der Waals surface area contributed by atoms with Crippen molar-refractivity contribution in [3.63, 3.8) is 0 Å². The van der Waals surface area contributed by atoms with Gasteiger partial charge in [0.2, 0.25) is 0 Å². The Morgan fingerprint density at radius 2 is 2.00 bits per heavy atom. The van der Waals surface area contributed by atoms with Crippen LogP contribution in [0.2, 0.25) is 0 Å². The first-order valence-electron chi connectivity index (χ1n) is 7.69. The molecule has 8 heteroatoms. The van der Waals surface area contributed by atoms with Crippen LogP contribution in [0.4, 0.5) is 14.5 Å². The van der Waals surface area contributed by atoms with E-state index in [9.17, 15) is 18.9 Å². The molecule has 0 bridgehead atoms. The smallest absolute Gasteiger partial charge is 0.269 e. The highest BCUT2D eigenvalue weighted by molar-refractivity contribution is 5.79. The van der Waals surface area contributed by atoms with Gasteiger partial charge in [0.1, 0.15) is 11.6 Å². The van der Waals surface area contributed by atoms with E-state index in [4.69, 9.17) is 0 Å². The molecule has 0 aliphatic heterocycles. The summed E-state index contributed by atoms with van der Waals surface area (Å²) in [6, 6.07) is 9.41. The predicted molar refractivity (Wildman–Crippen MR) is 91.1 cm³/mol. The fraction of sp³-hybridized carbons (Fsp3) is 0.235. The minimum atomic E-state index is -0.517. The highest BCUT2D eigenvalue weighted by Crippen LogP contribution is 2.14. The molecule has 0 radical (unpaired) electrons. The van der Waals surface area contributed by atoms with E-state index in [1.807, 2.05) is 6.92 Å². The van der Waals surface area contributed by atoms with Crippen LogP contribution in [-0.4, -0.2) is 17.4 Å². The Bertz CT molecular complexity index is 781. The van der Waals surface area contributed by atoms with Crippen LogP contribution in [0.1, 0.15) is 18.1 Å². The second kappa shape index (κ2) is 8.72. The molecule has 0 aliphatic carbocycles. The molecule has 132 valence electrons. The summed E-state index contributed by atoms with van der Waals surface area (Å²) in [6.07, 6.45) is 0. The maximum absolute atomic E-state index is 13.6. The van der Waals surface area contributed by atoms with Crippen LogP contribution in [0.25, 0.3) is 0 Å². The van der Waals surface area contributed by atoms with E-state index in [2.05, 4.69) is 15.6 Å². The SMILES string of the molecule is CCNC(=NCc1cccc([N+](=O)[O-])c1)NCc1cc(F)ccc1F. The standard InChI is InChI=1S/C17H18F2N4O2/c1-2-20-17(22-11-13-9-14(18)6-7-16(13)19)21-10-12-4-3-5-15(8-12)23(24)25/h3-9H,2,10-11H2,1H3,(H2,20,21,22). The van der Waals surface area contributed by atoms with Gasteiger partial charge in [-0.3, -0.25) is 10.1 Å². The van der Waals surface area contributed by atoms with Gasteiger partial charge < -0.3 is 10.6 Å². The maximum atomic E-state index is 13.6. The molecular weight excluding hydrogens is 330 g/mol. The van der Waals surface area contributed by atoms with E-state index in [0.717, 1.165) is 18.2 Å². The number of hydrogen-bond acceptors (Lipinski definition) is 3. The quantitative estimate of drug-likeness (QED) is 0.364. The van der Waals surface area contributed by atoms with Crippen molar-refractivity contribution in [3.8, 4) is 0 Å². The molecule has 0 saturated heterocycles. The number of nitro groups is 1. The normalized spacial score (nSPS) is 11.2. The third-order valence-corrected chi connectivity index (χ3v) is 3.34. The Hall–Kier alpha value is -3.03. The van der Waals surface area contributed by atoms with E-state index in [-0.39, 0.29) is 24.3 Å². The molecule has 0 unspecified atom stereocenters. The van der Waals surface area contributed by atoms with Crippen LogP contribution in [0, 0.1) is 21.7 Å². The van der Waals surface area contributed by atoms with Crippen LogP contribution >= 0.6 is 0 Å². The third kappa shape index (κ3) is 5.52. The lowest BCUT2D eigenvalue weighted by Crippen LogP contribution is -2.37. The number of nitrogens with zero attached hydrogens (tertiary/aromatic N) is 2. The summed E-state index contributed by atoms with van der Waals surface area (Å²) < 4.78 is 26.8. The minimum absolute atomic E-state index is 0.00695. The summed E-state index contributed by atoms with van der Waals surface area (Å²) in [7, 11) is 0. The second-order valence-corrected chi connectivity index (χ2v) is 5.21. The monoisotopic (exact) mass is 348 g/mol. The largest absolute Gasteiger partial charge is 0.357 e. The van der Waals surface area contributed by atoms with Crippen molar-refractivity contribution >= 4 is 11.6 Å². The van der Waals surface area contributed by atoms with Crippen molar-refractivity contribution in [1.82, 2.24) is 10.6 Å². The van der Waals surface area contributed by atoms with Crippen LogP contribution < -0.4 is 10.6 Å². The average Bonchev–Trinajstić information content (AvgIpc) is 2.60. The number of aliphatic imine (C=N–C) groups is 1. The molecule has 2 N–H and O–H groups in total. The lowest BCUT2D eigenvalue weighted by molar-refractivity contribution is -0.384. The number of hydrogen-bond donors (Lipinski definition) is 2. The zero-order valence-corrected chi connectivity index (χ0v) is 13.6. The molecule has 0 aliphatic rings. The number of benzene rings is 2. The van der Waals surface area contributed by atoms with Crippen molar-refractivity contribution in [2.45, 2.75) is 20.0 Å². The summed E-state index contributed by atoms with van der Waals surface area (Å²) in [6.45, 7) is 2.72. The summed E-state index contributed by atoms with van der Waals surface area (Å²) in [5.74, 6) is -0.627. The highest BCUT2D eigenvalue weighted by Gasteiger charge is 2.07. The average molecular weight is 348 g/mol. The van der Waals surface area contributed by atoms with Crippen molar-refractivity contribution in [3.05, 3.63) is 75.3 Å². The molecule has 0 aromatic heterocycles. The van der Waals surface area contributed by atoms with Crippen LogP contribution in [0.15, 0.2) is 47.5 Å². The van der Waals surface area contributed by atoms with Gasteiger partial charge in [-0.05, 0) is 30.7 Å². The third-order valence-electron chi connectivity index (χ3n) is 3.34. The molecule has 0 spiro atoms. The number of guanidine groups is 1. The first-order chi connectivity index (χ1) is 12.0. The van der Waals surface area contributed by atoms with Gasteiger partial charge >= 0.3 is 0 Å². The summed E-state index contributed by atoms with van der Waals surface area (Å²) >= 11 is 0. The van der Waals surface area contributed by atoms with Crippen molar-refractivity contribution in [2.24, 2.45) is 4.99 Å². The van der Waals surface area contributed by atoms with Gasteiger partial charge in [-0.25, -0.2) is 13.8 Å². The fourth-order valence-electron chi connectivity index (χ4n) is 2.14. The molecular formula is C17H18F2N4O2. The predicted octanol–water partition coefficient (Wildman–Crippen LogP) is 3.13. The topological polar surface area (TPSA) is 79.6 Å². The van der Waals surface area contributed by atoms with Crippen molar-refractivity contribution in [2.75, 3.05) is 6.54 Å². The van der Waals surface area contributed by atoms with Crippen LogP contribution in [0.5, 0.6) is 0 Å². The van der Waals surface area contributed by atoms with Gasteiger partial charge in [0.05, 0.1) is 11.5 Å². The van der Waals surface area contributed by atoms with Crippen LogP contribution in [-0.2, 0) is 13.1 Å². The van der Waals surface area contributed by atoms with E-state index < -0.39 is 16.6 Å². The lowest BCUT2D eigenvalue weighted by Gasteiger charge is -2.12. The number of halogens is 2. The summed E-state index contributed by atoms with van der Waals surface area (Å²) in [5, 5.41) is 16.7. The molecule has 6 nitrogen and oxygen atoms in total. The minimum Gasteiger partial charge on any atom is -0.357 e. The number of non-ortho nitro benzene ring substituents is 1. The van der Waals surface area contributed by atoms with Gasteiger partial charge in [0, 0.05) is 30.8 Å². The molecule has 2 rings (SSSR count). The fourth-order valence-corrected chi connectivity index (χ4v) is 2.14. The van der Waals surface area contributed by atoms with Gasteiger partial charge in [0.25, 0.3) is 5.69 Å². The number of nitrogens with one attached hydrogen (secondary N) is 2. The van der Waals surface area contributed by atoms with E-state index >= 15 is 0 Å². The Balaban J connectivity index is 2.06. The van der Waals surface area contributed by atoms with Gasteiger partial charge in [-0.15, -0.1) is 0 Å². The second-order valence-electron chi connectivity index (χ2n) is 5.21. The summed E-state index contributed by atoms with van der Waals surface area (Å²) in [5.41, 5.74) is 0.844. The zero-order chi connectivity index (χ0) is 18.2. The number of nitro benzene ring substituents is 1. The van der Waals surface area contributed by atoms with E-state index in [1.165, 1.54) is 12.1 Å². The molecule has 0 saturated carbocycles. The number of rotatable bonds is 6. The molecule has 0 fully saturated rings. The highest BCUT2D eigenvalue weighted by atomic mass is 19.1. The van der Waals surface area contributed by atoms with Gasteiger partial charge in [-0.2, -0.15) is 0 Å². The Morgan fingerprint density at radius 3 is 2.72 bits per heavy atom. The van der Waals surface area contributed by atoms with E-state index in [1.54, 1.807) is 12.1 Å². The summed E-state index contributed by atoms with van der Waals surface area (Å²) in [4.78, 5) is 14.6. The first-order valence-corrected chi connectivity index (χ1v) is 7.69. The molecule has 0 amide bonds. The molecule has 2 aromatic carbocycles. The van der Waals surface area contributed by atoms with Gasteiger partial charge in [-0.1, -0.05) is 12.1 Å².